The highest BCUT2D eigenvalue weighted by atomic mass is 79.9. The van der Waals surface area contributed by atoms with Gasteiger partial charge in [-0.15, -0.1) is 0 Å². The molecule has 0 aliphatic carbocycles. The van der Waals surface area contributed by atoms with Gasteiger partial charge in [-0.2, -0.15) is 0 Å². The molecule has 0 saturated carbocycles. The highest BCUT2D eigenvalue weighted by molar-refractivity contribution is 9.10. The Morgan fingerprint density at radius 1 is 1.53 bits per heavy atom. The third-order valence-corrected chi connectivity index (χ3v) is 3.25. The van der Waals surface area contributed by atoms with Gasteiger partial charge in [0, 0.05) is 18.1 Å². The number of rotatable bonds is 1. The molecule has 0 spiro atoms. The lowest BCUT2D eigenvalue weighted by Crippen LogP contribution is -2.24. The highest BCUT2D eigenvalue weighted by Crippen LogP contribution is 2.42. The largest absolute Gasteiger partial charge is 0.487 e. The van der Waals surface area contributed by atoms with Crippen molar-refractivity contribution in [1.29, 1.82) is 0 Å². The van der Waals surface area contributed by atoms with Crippen molar-refractivity contribution < 1.29 is 9.66 Å². The summed E-state index contributed by atoms with van der Waals surface area (Å²) in [5, 5.41) is 10.7. The maximum Gasteiger partial charge on any atom is 0.284 e. The van der Waals surface area contributed by atoms with Crippen LogP contribution < -0.4 is 4.74 Å². The van der Waals surface area contributed by atoms with Crippen molar-refractivity contribution in [3.8, 4) is 5.75 Å². The van der Waals surface area contributed by atoms with E-state index in [2.05, 4.69) is 15.9 Å². The fourth-order valence-corrected chi connectivity index (χ4v) is 2.36. The molecule has 0 amide bonds. The van der Waals surface area contributed by atoms with Crippen LogP contribution in [0.4, 0.5) is 5.69 Å². The zero-order valence-corrected chi connectivity index (χ0v) is 10.00. The van der Waals surface area contributed by atoms with E-state index >= 15 is 0 Å². The number of hydrogen-bond acceptors (Lipinski definition) is 3. The Morgan fingerprint density at radius 2 is 2.20 bits per heavy atom. The minimum Gasteiger partial charge on any atom is -0.487 e. The van der Waals surface area contributed by atoms with Crippen LogP contribution in [-0.4, -0.2) is 10.5 Å². The molecule has 80 valence electrons. The number of benzene rings is 1. The predicted octanol–water partition coefficient (Wildman–Crippen LogP) is 3.07. The third-order valence-electron chi connectivity index (χ3n) is 2.37. The van der Waals surface area contributed by atoms with Crippen LogP contribution in [-0.2, 0) is 6.42 Å². The van der Waals surface area contributed by atoms with Crippen molar-refractivity contribution in [3.05, 3.63) is 32.3 Å². The van der Waals surface area contributed by atoms with E-state index in [1.54, 1.807) is 6.07 Å². The molecule has 0 bridgehead atoms. The third kappa shape index (κ3) is 1.71. The number of hydrogen-bond donors (Lipinski definition) is 0. The molecule has 0 aromatic heterocycles. The van der Waals surface area contributed by atoms with Crippen LogP contribution in [0.1, 0.15) is 19.4 Å². The van der Waals surface area contributed by atoms with Crippen LogP contribution >= 0.6 is 15.9 Å². The summed E-state index contributed by atoms with van der Waals surface area (Å²) in [6.45, 7) is 3.93. The molecular weight excluding hydrogens is 262 g/mol. The van der Waals surface area contributed by atoms with Crippen LogP contribution in [0.2, 0.25) is 0 Å². The molecule has 1 aromatic rings. The normalized spacial score (nSPS) is 17.0. The highest BCUT2D eigenvalue weighted by Gasteiger charge is 2.34. The van der Waals surface area contributed by atoms with Crippen LogP contribution in [0, 0.1) is 10.1 Å². The van der Waals surface area contributed by atoms with Gasteiger partial charge in [0.1, 0.15) is 15.8 Å². The molecule has 15 heavy (non-hydrogen) atoms. The fourth-order valence-electron chi connectivity index (χ4n) is 1.75. The first-order valence-corrected chi connectivity index (χ1v) is 5.35. The van der Waals surface area contributed by atoms with Crippen LogP contribution in [0.25, 0.3) is 0 Å². The molecule has 0 fully saturated rings. The number of halogens is 1. The molecule has 1 aromatic carbocycles. The first kappa shape index (κ1) is 10.4. The van der Waals surface area contributed by atoms with Gasteiger partial charge in [0.05, 0.1) is 4.92 Å². The van der Waals surface area contributed by atoms with E-state index in [9.17, 15) is 10.1 Å². The Kier molecular flexibility index (Phi) is 2.22. The first-order chi connectivity index (χ1) is 6.91. The van der Waals surface area contributed by atoms with Gasteiger partial charge >= 0.3 is 0 Å². The van der Waals surface area contributed by atoms with Gasteiger partial charge in [0.15, 0.2) is 0 Å². The summed E-state index contributed by atoms with van der Waals surface area (Å²) in [5.74, 6) is 0.734. The number of ether oxygens (including phenoxy) is 1. The summed E-state index contributed by atoms with van der Waals surface area (Å²) < 4.78 is 6.19. The van der Waals surface area contributed by atoms with Crippen LogP contribution in [0.3, 0.4) is 0 Å². The van der Waals surface area contributed by atoms with E-state index in [-0.39, 0.29) is 11.3 Å². The fraction of sp³-hybridized carbons (Fsp3) is 0.400. The lowest BCUT2D eigenvalue weighted by Gasteiger charge is -2.16. The predicted molar refractivity (Wildman–Crippen MR) is 59.2 cm³/mol. The van der Waals surface area contributed by atoms with E-state index in [1.807, 2.05) is 13.8 Å². The average Bonchev–Trinajstić information content (AvgIpc) is 2.40. The Labute approximate surface area is 95.5 Å². The summed E-state index contributed by atoms with van der Waals surface area (Å²) in [6, 6.07) is 3.12. The van der Waals surface area contributed by atoms with Gasteiger partial charge in [-0.05, 0) is 35.8 Å². The molecular formula is C10H10BrNO3. The molecule has 1 aliphatic heterocycles. The van der Waals surface area contributed by atoms with Crippen LogP contribution in [0.5, 0.6) is 5.75 Å². The quantitative estimate of drug-likeness (QED) is 0.583. The van der Waals surface area contributed by atoms with Crippen molar-refractivity contribution in [2.45, 2.75) is 25.9 Å². The molecule has 2 rings (SSSR count). The summed E-state index contributed by atoms with van der Waals surface area (Å²) >= 11 is 3.26. The minimum atomic E-state index is -0.393. The Morgan fingerprint density at radius 3 is 2.80 bits per heavy atom. The average molecular weight is 272 g/mol. The van der Waals surface area contributed by atoms with E-state index in [0.717, 1.165) is 11.3 Å². The van der Waals surface area contributed by atoms with Gasteiger partial charge in [0.2, 0.25) is 0 Å². The monoisotopic (exact) mass is 271 g/mol. The summed E-state index contributed by atoms with van der Waals surface area (Å²) in [7, 11) is 0. The van der Waals surface area contributed by atoms with Crippen molar-refractivity contribution >= 4 is 21.6 Å². The maximum absolute atomic E-state index is 10.7. The van der Waals surface area contributed by atoms with E-state index < -0.39 is 4.92 Å². The number of nitrogens with zero attached hydrogens (tertiary/aromatic N) is 1. The molecule has 0 saturated heterocycles. The molecule has 0 atom stereocenters. The zero-order chi connectivity index (χ0) is 11.2. The van der Waals surface area contributed by atoms with Gasteiger partial charge in [-0.25, -0.2) is 0 Å². The van der Waals surface area contributed by atoms with Gasteiger partial charge < -0.3 is 4.74 Å². The van der Waals surface area contributed by atoms with E-state index in [1.165, 1.54) is 6.07 Å². The second-order valence-electron chi connectivity index (χ2n) is 4.17. The lowest BCUT2D eigenvalue weighted by atomic mass is 10.0. The number of nitro benzene ring substituents is 1. The molecule has 5 heteroatoms. The smallest absolute Gasteiger partial charge is 0.284 e. The summed E-state index contributed by atoms with van der Waals surface area (Å²) in [5.41, 5.74) is 0.698. The van der Waals surface area contributed by atoms with Crippen molar-refractivity contribution in [1.82, 2.24) is 0 Å². The topological polar surface area (TPSA) is 52.4 Å². The van der Waals surface area contributed by atoms with E-state index in [4.69, 9.17) is 4.74 Å². The van der Waals surface area contributed by atoms with E-state index in [0.29, 0.717) is 10.9 Å². The molecule has 0 radical (unpaired) electrons. The van der Waals surface area contributed by atoms with Crippen LogP contribution in [0.15, 0.2) is 16.6 Å². The Bertz CT molecular complexity index is 443. The standard InChI is InChI=1S/C10H10BrNO3/c1-10(2)5-6-8(15-10)4-3-7(9(6)11)12(13)14/h3-4H,5H2,1-2H3. The van der Waals surface area contributed by atoms with Gasteiger partial charge in [-0.1, -0.05) is 0 Å². The van der Waals surface area contributed by atoms with Gasteiger partial charge in [0.25, 0.3) is 5.69 Å². The minimum absolute atomic E-state index is 0.0926. The Balaban J connectivity index is 2.53. The maximum atomic E-state index is 10.7. The Hall–Kier alpha value is -1.10. The SMILES string of the molecule is CC1(C)Cc2c(ccc([N+](=O)[O-])c2Br)O1. The van der Waals surface area contributed by atoms with Crippen molar-refractivity contribution in [2.75, 3.05) is 0 Å². The molecule has 1 heterocycles. The molecule has 0 N–H and O–H groups in total. The zero-order valence-electron chi connectivity index (χ0n) is 8.41. The lowest BCUT2D eigenvalue weighted by molar-refractivity contribution is -0.385. The molecule has 0 unspecified atom stereocenters. The van der Waals surface area contributed by atoms with Gasteiger partial charge in [-0.3, -0.25) is 10.1 Å². The number of fused-ring (bicyclic) bond motifs is 1. The second-order valence-corrected chi connectivity index (χ2v) is 4.96. The second kappa shape index (κ2) is 3.20. The first-order valence-electron chi connectivity index (χ1n) is 4.55. The summed E-state index contributed by atoms with van der Waals surface area (Å²) in [4.78, 5) is 10.3. The van der Waals surface area contributed by atoms with Crippen molar-refractivity contribution in [3.63, 3.8) is 0 Å². The molecule has 4 nitrogen and oxygen atoms in total. The van der Waals surface area contributed by atoms with Crippen molar-refractivity contribution in [2.24, 2.45) is 0 Å². The number of nitro groups is 1. The molecule has 1 aliphatic rings. The summed E-state index contributed by atoms with van der Waals surface area (Å²) in [6.07, 6.45) is 0.685.